The molecule has 210 valence electrons. The van der Waals surface area contributed by atoms with Crippen molar-refractivity contribution in [2.24, 2.45) is 0 Å². The van der Waals surface area contributed by atoms with Crippen molar-refractivity contribution in [1.82, 2.24) is 19.4 Å². The van der Waals surface area contributed by atoms with Gasteiger partial charge >= 0.3 is 0 Å². The van der Waals surface area contributed by atoms with Crippen LogP contribution >= 0.6 is 0 Å². The Bertz CT molecular complexity index is 1890. The lowest BCUT2D eigenvalue weighted by Crippen LogP contribution is -2.12. The first-order chi connectivity index (χ1) is 20.5. The van der Waals surface area contributed by atoms with Crippen molar-refractivity contribution in [3.63, 3.8) is 0 Å². The highest BCUT2D eigenvalue weighted by Crippen LogP contribution is 2.28. The van der Waals surface area contributed by atoms with Gasteiger partial charge in [0.05, 0.1) is 19.9 Å². The van der Waals surface area contributed by atoms with E-state index in [1.807, 2.05) is 53.1 Å². The first-order valence-electron chi connectivity index (χ1n) is 13.2. The molecule has 0 saturated heterocycles. The fourth-order valence-corrected chi connectivity index (χ4v) is 4.74. The standard InChI is InChI=1S/C32H27FN6O3/c1-41-24-14-13-22(27(17-24)42-2)18-35-32-38-29-25(6-5-7-26(29)33)30-36-23(19-39(30)32)16-20-9-11-21(12-10-20)31(40)37-28-8-3-4-15-34-28/h3-15,17,19H,16,18H2,1-2H3,(H,35,38)(H,34,37,40). The minimum Gasteiger partial charge on any atom is -0.497 e. The summed E-state index contributed by atoms with van der Waals surface area (Å²) in [6.45, 7) is 0.380. The molecule has 0 spiro atoms. The van der Waals surface area contributed by atoms with Gasteiger partial charge in [-0.2, -0.15) is 0 Å². The van der Waals surface area contributed by atoms with E-state index in [-0.39, 0.29) is 11.4 Å². The Morgan fingerprint density at radius 2 is 1.81 bits per heavy atom. The maximum Gasteiger partial charge on any atom is 0.256 e. The highest BCUT2D eigenvalue weighted by atomic mass is 19.1. The van der Waals surface area contributed by atoms with Gasteiger partial charge in [0.15, 0.2) is 0 Å². The highest BCUT2D eigenvalue weighted by molar-refractivity contribution is 6.03. The third kappa shape index (κ3) is 5.42. The molecule has 0 aliphatic heterocycles. The minimum absolute atomic E-state index is 0.231. The number of anilines is 2. The van der Waals surface area contributed by atoms with E-state index < -0.39 is 5.82 Å². The first kappa shape index (κ1) is 26.7. The van der Waals surface area contributed by atoms with Gasteiger partial charge in [0, 0.05) is 47.9 Å². The molecule has 10 heteroatoms. The third-order valence-electron chi connectivity index (χ3n) is 6.87. The molecule has 0 aliphatic rings. The summed E-state index contributed by atoms with van der Waals surface area (Å²) in [5.41, 5.74) is 3.96. The number of methoxy groups -OCH3 is 2. The molecule has 0 bridgehead atoms. The number of nitrogens with one attached hydrogen (secondary N) is 2. The molecule has 1 amide bonds. The van der Waals surface area contributed by atoms with Gasteiger partial charge in [0.1, 0.15) is 34.3 Å². The zero-order chi connectivity index (χ0) is 29.1. The number of amides is 1. The summed E-state index contributed by atoms with van der Waals surface area (Å²) < 4.78 is 27.5. The van der Waals surface area contributed by atoms with Gasteiger partial charge in [-0.15, -0.1) is 0 Å². The number of aromatic nitrogens is 4. The number of hydrogen-bond acceptors (Lipinski definition) is 7. The molecule has 0 aliphatic carbocycles. The molecule has 42 heavy (non-hydrogen) atoms. The van der Waals surface area contributed by atoms with Gasteiger partial charge in [-0.1, -0.05) is 24.3 Å². The average Bonchev–Trinajstić information content (AvgIpc) is 3.45. The molecule has 9 nitrogen and oxygen atoms in total. The number of benzene rings is 3. The number of nitrogens with zero attached hydrogens (tertiary/aromatic N) is 4. The van der Waals surface area contributed by atoms with Crippen molar-refractivity contribution >= 4 is 34.2 Å². The van der Waals surface area contributed by atoms with Crippen LogP contribution in [0.15, 0.2) is 91.3 Å². The lowest BCUT2D eigenvalue weighted by atomic mass is 10.1. The zero-order valence-electron chi connectivity index (χ0n) is 23.0. The van der Waals surface area contributed by atoms with Crippen LogP contribution in [0.4, 0.5) is 16.2 Å². The zero-order valence-corrected chi connectivity index (χ0v) is 23.0. The number of fused-ring (bicyclic) bond motifs is 3. The summed E-state index contributed by atoms with van der Waals surface area (Å²) >= 11 is 0. The van der Waals surface area contributed by atoms with Crippen LogP contribution in [0.3, 0.4) is 0 Å². The molecule has 6 aromatic rings. The lowest BCUT2D eigenvalue weighted by Gasteiger charge is -2.13. The second-order valence-corrected chi connectivity index (χ2v) is 9.57. The topological polar surface area (TPSA) is 103 Å². The van der Waals surface area contributed by atoms with E-state index in [2.05, 4.69) is 20.6 Å². The van der Waals surface area contributed by atoms with E-state index in [1.165, 1.54) is 6.07 Å². The van der Waals surface area contributed by atoms with Crippen molar-refractivity contribution in [2.45, 2.75) is 13.0 Å². The molecule has 3 aromatic heterocycles. The number of carbonyl (C=O) groups is 1. The molecule has 0 radical (unpaired) electrons. The molecule has 0 unspecified atom stereocenters. The monoisotopic (exact) mass is 562 g/mol. The Morgan fingerprint density at radius 1 is 0.952 bits per heavy atom. The van der Waals surface area contributed by atoms with E-state index in [0.29, 0.717) is 52.8 Å². The number of ether oxygens (including phenoxy) is 2. The quantitative estimate of drug-likeness (QED) is 0.227. The Labute approximate surface area is 241 Å². The second kappa shape index (κ2) is 11.5. The summed E-state index contributed by atoms with van der Waals surface area (Å²) in [5.74, 6) is 1.61. The van der Waals surface area contributed by atoms with Crippen LogP contribution in [0.2, 0.25) is 0 Å². The van der Waals surface area contributed by atoms with Crippen molar-refractivity contribution in [2.75, 3.05) is 24.9 Å². The normalized spacial score (nSPS) is 11.0. The number of halogens is 1. The molecular formula is C32H27FN6O3. The van der Waals surface area contributed by atoms with Crippen LogP contribution in [0.1, 0.15) is 27.2 Å². The van der Waals surface area contributed by atoms with Crippen LogP contribution in [0.25, 0.3) is 16.6 Å². The average molecular weight is 563 g/mol. The summed E-state index contributed by atoms with van der Waals surface area (Å²) in [6, 6.07) is 23.1. The number of para-hydroxylation sites is 1. The van der Waals surface area contributed by atoms with Crippen LogP contribution in [0.5, 0.6) is 11.5 Å². The van der Waals surface area contributed by atoms with Crippen LogP contribution in [0, 0.1) is 5.82 Å². The van der Waals surface area contributed by atoms with Crippen LogP contribution < -0.4 is 20.1 Å². The predicted octanol–water partition coefficient (Wildman–Crippen LogP) is 5.89. The number of hydrogen-bond donors (Lipinski definition) is 2. The molecule has 0 saturated carbocycles. The van der Waals surface area contributed by atoms with Gasteiger partial charge in [0.25, 0.3) is 5.91 Å². The largest absolute Gasteiger partial charge is 0.497 e. The summed E-state index contributed by atoms with van der Waals surface area (Å²) in [4.78, 5) is 26.2. The first-order valence-corrected chi connectivity index (χ1v) is 13.2. The SMILES string of the molecule is COc1ccc(CNc2nc3c(F)cccc3c3nc(Cc4ccc(C(=O)Nc5ccccn5)cc4)cn23)c(OC)c1. The van der Waals surface area contributed by atoms with Gasteiger partial charge in [-0.25, -0.2) is 19.3 Å². The van der Waals surface area contributed by atoms with Crippen molar-refractivity contribution < 1.29 is 18.7 Å². The van der Waals surface area contributed by atoms with Crippen LogP contribution in [-0.4, -0.2) is 39.5 Å². The van der Waals surface area contributed by atoms with Gasteiger partial charge in [0.2, 0.25) is 5.95 Å². The molecule has 0 fully saturated rings. The third-order valence-corrected chi connectivity index (χ3v) is 6.87. The fraction of sp³-hybridized carbons (Fsp3) is 0.125. The van der Waals surface area contributed by atoms with Gasteiger partial charge < -0.3 is 20.1 Å². The number of pyridine rings is 1. The van der Waals surface area contributed by atoms with E-state index in [0.717, 1.165) is 16.8 Å². The Hall–Kier alpha value is -5.51. The molecule has 0 atom stereocenters. The van der Waals surface area contributed by atoms with Crippen molar-refractivity contribution in [1.29, 1.82) is 0 Å². The second-order valence-electron chi connectivity index (χ2n) is 9.57. The fourth-order valence-electron chi connectivity index (χ4n) is 4.74. The highest BCUT2D eigenvalue weighted by Gasteiger charge is 2.16. The number of rotatable bonds is 9. The lowest BCUT2D eigenvalue weighted by molar-refractivity contribution is 0.102. The minimum atomic E-state index is -0.427. The van der Waals surface area contributed by atoms with Crippen molar-refractivity contribution in [3.8, 4) is 11.5 Å². The van der Waals surface area contributed by atoms with Crippen molar-refractivity contribution in [3.05, 3.63) is 119 Å². The summed E-state index contributed by atoms with van der Waals surface area (Å²) in [6.07, 6.45) is 4.02. The Morgan fingerprint density at radius 3 is 2.57 bits per heavy atom. The van der Waals surface area contributed by atoms with E-state index in [9.17, 15) is 9.18 Å². The summed E-state index contributed by atoms with van der Waals surface area (Å²) in [7, 11) is 3.20. The van der Waals surface area contributed by atoms with E-state index in [4.69, 9.17) is 14.5 Å². The van der Waals surface area contributed by atoms with E-state index >= 15 is 0 Å². The summed E-state index contributed by atoms with van der Waals surface area (Å²) in [5, 5.41) is 6.72. The molecular weight excluding hydrogens is 535 g/mol. The number of imidazole rings is 1. The van der Waals surface area contributed by atoms with Gasteiger partial charge in [-0.05, 0) is 54.1 Å². The van der Waals surface area contributed by atoms with E-state index in [1.54, 1.807) is 50.7 Å². The van der Waals surface area contributed by atoms with Crippen LogP contribution in [-0.2, 0) is 13.0 Å². The number of carbonyl (C=O) groups excluding carboxylic acids is 1. The molecule has 6 rings (SSSR count). The maximum absolute atomic E-state index is 14.9. The molecule has 3 heterocycles. The predicted molar refractivity (Wildman–Crippen MR) is 159 cm³/mol. The molecule has 2 N–H and O–H groups in total. The Balaban J connectivity index is 1.28. The Kier molecular flexibility index (Phi) is 7.33. The smallest absolute Gasteiger partial charge is 0.256 e. The maximum atomic E-state index is 14.9. The molecule has 3 aromatic carbocycles. The van der Waals surface area contributed by atoms with Gasteiger partial charge in [-0.3, -0.25) is 9.20 Å².